The predicted octanol–water partition coefficient (Wildman–Crippen LogP) is 5.50. The third-order valence-corrected chi connectivity index (χ3v) is 6.67. The van der Waals surface area contributed by atoms with Crippen LogP contribution in [-0.2, 0) is 16.6 Å². The maximum absolute atomic E-state index is 13.4. The smallest absolute Gasteiger partial charge is 0.238 e. The highest BCUT2D eigenvalue weighted by molar-refractivity contribution is 7.89. The molecule has 31 heavy (non-hydrogen) atoms. The number of halogens is 2. The highest BCUT2D eigenvalue weighted by atomic mass is 35.5. The van der Waals surface area contributed by atoms with Crippen LogP contribution in [0.5, 0.6) is 5.75 Å². The maximum atomic E-state index is 13.4. The fraction of sp³-hybridized carbons (Fsp3) is 0.0455. The van der Waals surface area contributed by atoms with Gasteiger partial charge in [-0.3, -0.25) is 0 Å². The molecule has 2 N–H and O–H groups in total. The number of nitrogens with zero attached hydrogens (tertiary/aromatic N) is 1. The number of sulfonamides is 1. The molecule has 9 heteroatoms. The van der Waals surface area contributed by atoms with Crippen LogP contribution in [0.3, 0.4) is 0 Å². The Morgan fingerprint density at radius 2 is 1.55 bits per heavy atom. The molecule has 0 spiro atoms. The molecule has 0 radical (unpaired) electrons. The summed E-state index contributed by atoms with van der Waals surface area (Å²) in [5.74, 6) is 0.311. The molecule has 0 unspecified atom stereocenters. The molecule has 0 fully saturated rings. The average Bonchev–Trinajstić information content (AvgIpc) is 3.18. The highest BCUT2D eigenvalue weighted by Gasteiger charge is 2.17. The van der Waals surface area contributed by atoms with Gasteiger partial charge in [0, 0.05) is 10.6 Å². The second kappa shape index (κ2) is 8.76. The van der Waals surface area contributed by atoms with E-state index in [2.05, 4.69) is 0 Å². The Bertz CT molecular complexity index is 1300. The molecule has 0 saturated carbocycles. The van der Waals surface area contributed by atoms with Crippen molar-refractivity contribution in [1.82, 2.24) is 4.98 Å². The number of primary sulfonamides is 1. The number of aromatic nitrogens is 1. The molecular formula is C22H16ClFN2O3S2. The number of ether oxygens (including phenoxy) is 1. The maximum Gasteiger partial charge on any atom is 0.238 e. The lowest BCUT2D eigenvalue weighted by molar-refractivity contribution is 0.305. The van der Waals surface area contributed by atoms with E-state index in [1.165, 1.54) is 35.6 Å². The highest BCUT2D eigenvalue weighted by Crippen LogP contribution is 2.37. The Labute approximate surface area is 188 Å². The molecule has 158 valence electrons. The van der Waals surface area contributed by atoms with E-state index in [-0.39, 0.29) is 17.3 Å². The topological polar surface area (TPSA) is 82.3 Å². The summed E-state index contributed by atoms with van der Waals surface area (Å²) in [7, 11) is -3.79. The van der Waals surface area contributed by atoms with Gasteiger partial charge in [0.25, 0.3) is 0 Å². The molecule has 4 aromatic rings. The Hall–Kier alpha value is -2.78. The van der Waals surface area contributed by atoms with Gasteiger partial charge in [-0.15, -0.1) is 11.3 Å². The Morgan fingerprint density at radius 3 is 2.16 bits per heavy atom. The molecule has 1 aromatic heterocycles. The first-order valence-corrected chi connectivity index (χ1v) is 11.8. The Balaban J connectivity index is 1.70. The quantitative estimate of drug-likeness (QED) is 0.400. The first-order chi connectivity index (χ1) is 14.8. The number of hydrogen-bond donors (Lipinski definition) is 1. The molecular weight excluding hydrogens is 459 g/mol. The summed E-state index contributed by atoms with van der Waals surface area (Å²) >= 11 is 7.31. The summed E-state index contributed by atoms with van der Waals surface area (Å²) in [5.41, 5.74) is 2.16. The van der Waals surface area contributed by atoms with Crippen LogP contribution >= 0.6 is 22.9 Å². The summed E-state index contributed by atoms with van der Waals surface area (Å²) in [6.07, 6.45) is 0. The third-order valence-electron chi connectivity index (χ3n) is 4.41. The molecule has 0 aliphatic heterocycles. The molecule has 1 heterocycles. The van der Waals surface area contributed by atoms with Gasteiger partial charge in [0.15, 0.2) is 0 Å². The lowest BCUT2D eigenvalue weighted by atomic mass is 10.1. The van der Waals surface area contributed by atoms with Crippen LogP contribution in [0, 0.1) is 5.82 Å². The standard InChI is InChI=1S/C22H16ClFN2O3S2/c23-16-5-9-18(10-6-16)29-13-20-26-21(14-1-7-17(24)8-2-14)22(30-20)15-3-11-19(12-4-15)31(25,27)28/h1-12H,13H2,(H2,25,27,28). The normalized spacial score (nSPS) is 11.5. The van der Waals surface area contributed by atoms with E-state index in [1.54, 1.807) is 48.5 Å². The number of rotatable bonds is 6. The van der Waals surface area contributed by atoms with Crippen LogP contribution in [0.4, 0.5) is 4.39 Å². The second-order valence-corrected chi connectivity index (χ2v) is 9.69. The molecule has 0 saturated heterocycles. The first kappa shape index (κ1) is 21.5. The third kappa shape index (κ3) is 5.11. The second-order valence-electron chi connectivity index (χ2n) is 6.60. The van der Waals surface area contributed by atoms with E-state index in [0.29, 0.717) is 21.5 Å². The summed E-state index contributed by atoms with van der Waals surface area (Å²) < 4.78 is 42.3. The average molecular weight is 475 g/mol. The molecule has 3 aromatic carbocycles. The largest absolute Gasteiger partial charge is 0.486 e. The van der Waals surface area contributed by atoms with E-state index in [1.807, 2.05) is 0 Å². The minimum atomic E-state index is -3.79. The monoisotopic (exact) mass is 474 g/mol. The molecule has 0 bridgehead atoms. The fourth-order valence-corrected chi connectivity index (χ4v) is 4.54. The van der Waals surface area contributed by atoms with Gasteiger partial charge in [-0.2, -0.15) is 0 Å². The number of nitrogens with two attached hydrogens (primary N) is 1. The SMILES string of the molecule is NS(=O)(=O)c1ccc(-c2sc(COc3ccc(Cl)cc3)nc2-c2ccc(F)cc2)cc1. The van der Waals surface area contributed by atoms with Gasteiger partial charge in [-0.1, -0.05) is 23.7 Å². The lowest BCUT2D eigenvalue weighted by Crippen LogP contribution is -2.11. The zero-order valence-corrected chi connectivity index (χ0v) is 18.3. The van der Waals surface area contributed by atoms with Crippen molar-refractivity contribution in [3.63, 3.8) is 0 Å². The van der Waals surface area contributed by atoms with Gasteiger partial charge in [0.2, 0.25) is 10.0 Å². The zero-order chi connectivity index (χ0) is 22.0. The van der Waals surface area contributed by atoms with E-state index in [9.17, 15) is 12.8 Å². The van der Waals surface area contributed by atoms with Crippen molar-refractivity contribution in [1.29, 1.82) is 0 Å². The number of thiazole rings is 1. The van der Waals surface area contributed by atoms with E-state index in [0.717, 1.165) is 16.0 Å². The van der Waals surface area contributed by atoms with Gasteiger partial charge in [-0.25, -0.2) is 22.9 Å². The van der Waals surface area contributed by atoms with Gasteiger partial charge in [0.05, 0.1) is 15.5 Å². The van der Waals surface area contributed by atoms with Crippen LogP contribution in [0.1, 0.15) is 5.01 Å². The molecule has 0 aliphatic carbocycles. The lowest BCUT2D eigenvalue weighted by Gasteiger charge is -2.04. The van der Waals surface area contributed by atoms with Gasteiger partial charge in [-0.05, 0) is 66.2 Å². The molecule has 0 atom stereocenters. The van der Waals surface area contributed by atoms with E-state index >= 15 is 0 Å². The van der Waals surface area contributed by atoms with Crippen molar-refractivity contribution >= 4 is 33.0 Å². The summed E-state index contributed by atoms with van der Waals surface area (Å²) in [4.78, 5) is 5.52. The minimum absolute atomic E-state index is 0.0235. The van der Waals surface area contributed by atoms with Crippen molar-refractivity contribution in [2.45, 2.75) is 11.5 Å². The van der Waals surface area contributed by atoms with Crippen LogP contribution in [-0.4, -0.2) is 13.4 Å². The number of hydrogen-bond acceptors (Lipinski definition) is 5. The summed E-state index contributed by atoms with van der Waals surface area (Å²) in [5, 5.41) is 6.52. The van der Waals surface area contributed by atoms with Crippen LogP contribution in [0.2, 0.25) is 5.02 Å². The van der Waals surface area contributed by atoms with Gasteiger partial charge in [0.1, 0.15) is 23.2 Å². The van der Waals surface area contributed by atoms with Gasteiger partial charge >= 0.3 is 0 Å². The molecule has 4 rings (SSSR count). The minimum Gasteiger partial charge on any atom is -0.486 e. The molecule has 0 aliphatic rings. The van der Waals surface area contributed by atoms with E-state index < -0.39 is 10.0 Å². The van der Waals surface area contributed by atoms with Crippen molar-refractivity contribution in [3.05, 3.63) is 88.6 Å². The molecule has 0 amide bonds. The van der Waals surface area contributed by atoms with Crippen molar-refractivity contribution < 1.29 is 17.5 Å². The zero-order valence-electron chi connectivity index (χ0n) is 16.0. The van der Waals surface area contributed by atoms with Gasteiger partial charge < -0.3 is 4.74 Å². The van der Waals surface area contributed by atoms with Crippen LogP contribution < -0.4 is 9.88 Å². The van der Waals surface area contributed by atoms with E-state index in [4.69, 9.17) is 26.5 Å². The van der Waals surface area contributed by atoms with Crippen molar-refractivity contribution in [2.75, 3.05) is 0 Å². The first-order valence-electron chi connectivity index (χ1n) is 9.07. The summed E-state index contributed by atoms with van der Waals surface area (Å²) in [6, 6.07) is 19.3. The van der Waals surface area contributed by atoms with Crippen molar-refractivity contribution in [3.8, 4) is 27.4 Å². The van der Waals surface area contributed by atoms with Crippen molar-refractivity contribution in [2.24, 2.45) is 5.14 Å². The van der Waals surface area contributed by atoms with Crippen LogP contribution in [0.25, 0.3) is 21.7 Å². The number of benzene rings is 3. The fourth-order valence-electron chi connectivity index (χ4n) is 2.90. The predicted molar refractivity (Wildman–Crippen MR) is 120 cm³/mol. The Morgan fingerprint density at radius 1 is 0.935 bits per heavy atom. The van der Waals surface area contributed by atoms with Crippen LogP contribution in [0.15, 0.2) is 77.7 Å². The summed E-state index contributed by atoms with van der Waals surface area (Å²) in [6.45, 7) is 0.232. The Kier molecular flexibility index (Phi) is 6.06. The molecule has 5 nitrogen and oxygen atoms in total.